The van der Waals surface area contributed by atoms with E-state index in [1.165, 1.54) is 33.6 Å². The molecule has 0 unspecified atom stereocenters. The highest BCUT2D eigenvalue weighted by atomic mass is 32.1. The smallest absolute Gasteiger partial charge is 0.233 e. The summed E-state index contributed by atoms with van der Waals surface area (Å²) in [5, 5.41) is 5.61. The van der Waals surface area contributed by atoms with Crippen LogP contribution in [0.3, 0.4) is 0 Å². The summed E-state index contributed by atoms with van der Waals surface area (Å²) in [6, 6.07) is 17.2. The van der Waals surface area contributed by atoms with Crippen molar-refractivity contribution in [2.45, 2.75) is 25.2 Å². The molecule has 3 aliphatic carbocycles. The second kappa shape index (κ2) is 5.27. The molecule has 3 nitrogen and oxygen atoms in total. The van der Waals surface area contributed by atoms with Gasteiger partial charge in [0.05, 0.1) is 5.41 Å². The molecule has 0 radical (unpaired) electrons. The Morgan fingerprint density at radius 3 is 2.24 bits per heavy atom. The van der Waals surface area contributed by atoms with Gasteiger partial charge in [-0.1, -0.05) is 48.5 Å². The van der Waals surface area contributed by atoms with E-state index in [4.69, 9.17) is 0 Å². The average Bonchev–Trinajstić information content (AvgIpc) is 3.15. The summed E-state index contributed by atoms with van der Waals surface area (Å²) in [4.78, 5) is 17.5. The van der Waals surface area contributed by atoms with Gasteiger partial charge in [0.25, 0.3) is 0 Å². The Morgan fingerprint density at radius 2 is 1.68 bits per heavy atom. The number of thiazole rings is 1. The average molecular weight is 346 g/mol. The van der Waals surface area contributed by atoms with E-state index in [9.17, 15) is 4.79 Å². The largest absolute Gasteiger partial charge is 0.301 e. The summed E-state index contributed by atoms with van der Waals surface area (Å²) < 4.78 is 0. The predicted molar refractivity (Wildman–Crippen MR) is 100 cm³/mol. The fourth-order valence-electron chi connectivity index (χ4n) is 4.71. The lowest BCUT2D eigenvalue weighted by Gasteiger charge is -2.50. The zero-order valence-electron chi connectivity index (χ0n) is 13.9. The Morgan fingerprint density at radius 1 is 1.08 bits per heavy atom. The highest BCUT2D eigenvalue weighted by Crippen LogP contribution is 2.61. The summed E-state index contributed by atoms with van der Waals surface area (Å²) in [7, 11) is 0. The highest BCUT2D eigenvalue weighted by Gasteiger charge is 2.53. The molecule has 3 aromatic rings. The van der Waals surface area contributed by atoms with E-state index in [1.54, 1.807) is 6.20 Å². The minimum Gasteiger partial charge on any atom is -0.301 e. The molecule has 1 amide bonds. The second-order valence-electron chi connectivity index (χ2n) is 7.16. The third-order valence-corrected chi connectivity index (χ3v) is 6.49. The van der Waals surface area contributed by atoms with Crippen molar-refractivity contribution < 1.29 is 4.79 Å². The number of carbonyl (C=O) groups excluding carboxylic acids is 1. The molecule has 0 spiro atoms. The van der Waals surface area contributed by atoms with Crippen LogP contribution in [0.2, 0.25) is 0 Å². The van der Waals surface area contributed by atoms with Crippen LogP contribution in [-0.4, -0.2) is 10.9 Å². The lowest BCUT2D eigenvalue weighted by atomic mass is 9.52. The summed E-state index contributed by atoms with van der Waals surface area (Å²) >= 11 is 1.46. The number of nitrogens with zero attached hydrogens (tertiary/aromatic N) is 1. The molecular formula is C21H18N2OS. The quantitative estimate of drug-likeness (QED) is 0.726. The molecule has 0 saturated carbocycles. The normalized spacial score (nSPS) is 26.0. The molecule has 1 aromatic heterocycles. The molecule has 1 heterocycles. The monoisotopic (exact) mass is 346 g/mol. The van der Waals surface area contributed by atoms with Crippen molar-refractivity contribution in [1.29, 1.82) is 0 Å². The third kappa shape index (κ3) is 2.04. The van der Waals surface area contributed by atoms with Crippen LogP contribution in [0.15, 0.2) is 60.1 Å². The molecule has 3 aliphatic rings. The van der Waals surface area contributed by atoms with Crippen molar-refractivity contribution in [3.63, 3.8) is 0 Å². The minimum atomic E-state index is -0.473. The first-order valence-electron chi connectivity index (χ1n) is 8.57. The van der Waals surface area contributed by atoms with Gasteiger partial charge in [-0.2, -0.15) is 0 Å². The zero-order chi connectivity index (χ0) is 17.0. The molecule has 124 valence electrons. The van der Waals surface area contributed by atoms with Crippen LogP contribution in [0.4, 0.5) is 5.13 Å². The number of amides is 1. The van der Waals surface area contributed by atoms with Crippen LogP contribution in [-0.2, 0) is 4.79 Å². The van der Waals surface area contributed by atoms with Gasteiger partial charge in [0.2, 0.25) is 5.91 Å². The van der Waals surface area contributed by atoms with Crippen molar-refractivity contribution in [2.24, 2.45) is 5.41 Å². The number of anilines is 1. The maximum Gasteiger partial charge on any atom is 0.233 e. The van der Waals surface area contributed by atoms with Gasteiger partial charge < -0.3 is 5.32 Å². The molecule has 25 heavy (non-hydrogen) atoms. The van der Waals surface area contributed by atoms with E-state index in [0.29, 0.717) is 5.13 Å². The van der Waals surface area contributed by atoms with Crippen LogP contribution in [0, 0.1) is 5.41 Å². The molecule has 1 N–H and O–H groups in total. The number of fused-ring (bicyclic) bond motifs is 1. The van der Waals surface area contributed by atoms with Crippen LogP contribution >= 0.6 is 11.3 Å². The second-order valence-corrected chi connectivity index (χ2v) is 8.05. The van der Waals surface area contributed by atoms with E-state index in [0.717, 1.165) is 6.42 Å². The Balaban J connectivity index is 1.65. The molecule has 0 aliphatic heterocycles. The van der Waals surface area contributed by atoms with Crippen molar-refractivity contribution in [1.82, 2.24) is 4.98 Å². The first-order chi connectivity index (χ1) is 12.2. The van der Waals surface area contributed by atoms with E-state index < -0.39 is 5.41 Å². The van der Waals surface area contributed by atoms with Crippen LogP contribution in [0.5, 0.6) is 0 Å². The van der Waals surface area contributed by atoms with Gasteiger partial charge in [-0.15, -0.1) is 11.3 Å². The maximum absolute atomic E-state index is 13.3. The molecule has 2 bridgehead atoms. The van der Waals surface area contributed by atoms with E-state index in [1.807, 2.05) is 5.38 Å². The summed E-state index contributed by atoms with van der Waals surface area (Å²) in [6.45, 7) is 2.11. The number of carbonyl (C=O) groups is 1. The van der Waals surface area contributed by atoms with Gasteiger partial charge in [0.1, 0.15) is 0 Å². The predicted octanol–water partition coefficient (Wildman–Crippen LogP) is 4.77. The third-order valence-electron chi connectivity index (χ3n) is 5.80. The van der Waals surface area contributed by atoms with E-state index >= 15 is 0 Å². The van der Waals surface area contributed by atoms with Crippen molar-refractivity contribution in [3.05, 3.63) is 82.4 Å². The molecule has 4 heteroatoms. The molecule has 0 fully saturated rings. The van der Waals surface area contributed by atoms with Crippen molar-refractivity contribution in [2.75, 3.05) is 5.32 Å². The van der Waals surface area contributed by atoms with Gasteiger partial charge in [-0.05, 0) is 35.6 Å². The van der Waals surface area contributed by atoms with Gasteiger partial charge in [0, 0.05) is 23.4 Å². The first-order valence-corrected chi connectivity index (χ1v) is 9.45. The van der Waals surface area contributed by atoms with Gasteiger partial charge >= 0.3 is 0 Å². The van der Waals surface area contributed by atoms with Crippen LogP contribution < -0.4 is 5.32 Å². The SMILES string of the molecule is C[C@@]1(C(=O)Nc2nccs2)CC2c3ccccc3C1c1ccccc12. The number of benzene rings is 2. The lowest BCUT2D eigenvalue weighted by Crippen LogP contribution is -2.47. The van der Waals surface area contributed by atoms with Crippen molar-refractivity contribution >= 4 is 22.4 Å². The standard InChI is InChI=1S/C21H18N2OS/c1-21(19(24)23-20-22-10-11-25-20)12-17-13-6-2-4-8-15(13)18(21)16-9-5-3-7-14(16)17/h2-11,17-18H,12H2,1H3,(H,22,23,24)/t17?,18?,21-/m1/s1. The Kier molecular flexibility index (Phi) is 3.13. The Hall–Kier alpha value is -2.46. The first kappa shape index (κ1) is 14.8. The van der Waals surface area contributed by atoms with E-state index in [-0.39, 0.29) is 17.7 Å². The fourth-order valence-corrected chi connectivity index (χ4v) is 5.24. The number of rotatable bonds is 2. The molecule has 1 atom stereocenters. The number of hydrogen-bond donors (Lipinski definition) is 1. The Labute approximate surface area is 150 Å². The highest BCUT2D eigenvalue weighted by molar-refractivity contribution is 7.13. The van der Waals surface area contributed by atoms with Crippen LogP contribution in [0.1, 0.15) is 47.4 Å². The van der Waals surface area contributed by atoms with Crippen molar-refractivity contribution in [3.8, 4) is 0 Å². The number of hydrogen-bond acceptors (Lipinski definition) is 3. The number of aromatic nitrogens is 1. The van der Waals surface area contributed by atoms with Gasteiger partial charge in [0.15, 0.2) is 5.13 Å². The van der Waals surface area contributed by atoms with Crippen LogP contribution in [0.25, 0.3) is 0 Å². The van der Waals surface area contributed by atoms with E-state index in [2.05, 4.69) is 65.8 Å². The molecule has 2 aromatic carbocycles. The summed E-state index contributed by atoms with van der Waals surface area (Å²) in [5.74, 6) is 0.441. The fraction of sp³-hybridized carbons (Fsp3) is 0.238. The molecular weight excluding hydrogens is 328 g/mol. The molecule has 6 rings (SSSR count). The van der Waals surface area contributed by atoms with Gasteiger partial charge in [-0.25, -0.2) is 4.98 Å². The number of nitrogens with one attached hydrogen (secondary N) is 1. The summed E-state index contributed by atoms with van der Waals surface area (Å²) in [5.41, 5.74) is 4.89. The maximum atomic E-state index is 13.3. The molecule has 0 saturated heterocycles. The lowest BCUT2D eigenvalue weighted by molar-refractivity contribution is -0.126. The summed E-state index contributed by atoms with van der Waals surface area (Å²) in [6.07, 6.45) is 2.56. The van der Waals surface area contributed by atoms with Gasteiger partial charge in [-0.3, -0.25) is 4.79 Å². The Bertz CT molecular complexity index is 918. The topological polar surface area (TPSA) is 42.0 Å². The minimum absolute atomic E-state index is 0.0708. The zero-order valence-corrected chi connectivity index (χ0v) is 14.7.